The highest BCUT2D eigenvalue weighted by Crippen LogP contribution is 2.17. The van der Waals surface area contributed by atoms with Crippen molar-refractivity contribution in [3.8, 4) is 0 Å². The van der Waals surface area contributed by atoms with E-state index in [9.17, 15) is 9.18 Å². The van der Waals surface area contributed by atoms with Gasteiger partial charge in [0.1, 0.15) is 11.5 Å². The molecule has 0 radical (unpaired) electrons. The van der Waals surface area contributed by atoms with E-state index in [4.69, 9.17) is 4.74 Å². The van der Waals surface area contributed by atoms with Gasteiger partial charge in [0.2, 0.25) is 0 Å². The maximum absolute atomic E-state index is 12.9. The van der Waals surface area contributed by atoms with E-state index in [0.29, 0.717) is 11.1 Å². The summed E-state index contributed by atoms with van der Waals surface area (Å²) in [5.41, 5.74) is 1.06. The SMILES string of the molecule is CC(C)OC(=O)c1cc2cc(F)ccc2[nH]1. The number of halogens is 1. The largest absolute Gasteiger partial charge is 0.458 e. The molecular formula is C12H12FNO2. The highest BCUT2D eigenvalue weighted by atomic mass is 19.1. The summed E-state index contributed by atoms with van der Waals surface area (Å²) in [5, 5.41) is 0.663. The lowest BCUT2D eigenvalue weighted by Crippen LogP contribution is -2.11. The second kappa shape index (κ2) is 3.96. The minimum Gasteiger partial charge on any atom is -0.458 e. The number of benzene rings is 1. The smallest absolute Gasteiger partial charge is 0.355 e. The Balaban J connectivity index is 2.36. The van der Waals surface area contributed by atoms with Crippen LogP contribution < -0.4 is 0 Å². The van der Waals surface area contributed by atoms with Crippen molar-refractivity contribution in [1.29, 1.82) is 0 Å². The monoisotopic (exact) mass is 221 g/mol. The molecule has 0 spiro atoms. The minimum absolute atomic E-state index is 0.171. The highest BCUT2D eigenvalue weighted by Gasteiger charge is 2.12. The molecule has 0 bridgehead atoms. The van der Waals surface area contributed by atoms with Crippen LogP contribution >= 0.6 is 0 Å². The molecule has 0 fully saturated rings. The van der Waals surface area contributed by atoms with Crippen LogP contribution in [0.2, 0.25) is 0 Å². The van der Waals surface area contributed by atoms with Gasteiger partial charge in [-0.15, -0.1) is 0 Å². The topological polar surface area (TPSA) is 42.1 Å². The molecule has 0 saturated heterocycles. The van der Waals surface area contributed by atoms with E-state index in [2.05, 4.69) is 4.98 Å². The Morgan fingerprint density at radius 2 is 2.12 bits per heavy atom. The van der Waals surface area contributed by atoms with E-state index in [1.54, 1.807) is 26.0 Å². The molecule has 0 aliphatic carbocycles. The summed E-state index contributed by atoms with van der Waals surface area (Å²) in [6.45, 7) is 3.56. The number of hydrogen-bond donors (Lipinski definition) is 1. The number of nitrogens with one attached hydrogen (secondary N) is 1. The summed E-state index contributed by atoms with van der Waals surface area (Å²) in [5.74, 6) is -0.748. The molecule has 2 aromatic rings. The van der Waals surface area contributed by atoms with Crippen LogP contribution in [0.15, 0.2) is 24.3 Å². The first-order valence-corrected chi connectivity index (χ1v) is 5.05. The van der Waals surface area contributed by atoms with Crippen LogP contribution in [0.25, 0.3) is 10.9 Å². The Kier molecular flexibility index (Phi) is 2.64. The van der Waals surface area contributed by atoms with Gasteiger partial charge in [-0.05, 0) is 38.1 Å². The number of fused-ring (bicyclic) bond motifs is 1. The van der Waals surface area contributed by atoms with Crippen LogP contribution in [0.1, 0.15) is 24.3 Å². The van der Waals surface area contributed by atoms with Crippen molar-refractivity contribution in [1.82, 2.24) is 4.98 Å². The van der Waals surface area contributed by atoms with Gasteiger partial charge in [-0.1, -0.05) is 0 Å². The summed E-state index contributed by atoms with van der Waals surface area (Å²) in [4.78, 5) is 14.4. The van der Waals surface area contributed by atoms with E-state index >= 15 is 0 Å². The minimum atomic E-state index is -0.424. The van der Waals surface area contributed by atoms with Crippen LogP contribution in [0.4, 0.5) is 4.39 Å². The van der Waals surface area contributed by atoms with Gasteiger partial charge in [0.15, 0.2) is 0 Å². The van der Waals surface area contributed by atoms with Crippen molar-refractivity contribution in [2.75, 3.05) is 0 Å². The molecule has 3 nitrogen and oxygen atoms in total. The van der Waals surface area contributed by atoms with Crippen molar-refractivity contribution in [2.45, 2.75) is 20.0 Å². The lowest BCUT2D eigenvalue weighted by molar-refractivity contribution is 0.0372. The Morgan fingerprint density at radius 3 is 2.81 bits per heavy atom. The normalized spacial score (nSPS) is 11.0. The van der Waals surface area contributed by atoms with Gasteiger partial charge in [0.05, 0.1) is 6.10 Å². The first-order valence-electron chi connectivity index (χ1n) is 5.05. The van der Waals surface area contributed by atoms with Gasteiger partial charge in [0, 0.05) is 10.9 Å². The second-order valence-corrected chi connectivity index (χ2v) is 3.87. The van der Waals surface area contributed by atoms with Crippen molar-refractivity contribution >= 4 is 16.9 Å². The molecule has 84 valence electrons. The summed E-state index contributed by atoms with van der Waals surface area (Å²) in [6.07, 6.45) is -0.171. The molecule has 1 heterocycles. The zero-order valence-corrected chi connectivity index (χ0v) is 9.08. The molecule has 0 saturated carbocycles. The van der Waals surface area contributed by atoms with Crippen molar-refractivity contribution in [2.24, 2.45) is 0 Å². The molecule has 0 atom stereocenters. The third kappa shape index (κ3) is 2.05. The maximum atomic E-state index is 12.9. The van der Waals surface area contributed by atoms with Gasteiger partial charge in [-0.2, -0.15) is 0 Å². The number of carbonyl (C=O) groups excluding carboxylic acids is 1. The third-order valence-electron chi connectivity index (χ3n) is 2.15. The second-order valence-electron chi connectivity index (χ2n) is 3.87. The molecule has 4 heteroatoms. The molecule has 1 aromatic carbocycles. The van der Waals surface area contributed by atoms with Gasteiger partial charge in [-0.3, -0.25) is 0 Å². The van der Waals surface area contributed by atoms with Crippen LogP contribution in [0.5, 0.6) is 0 Å². The first-order chi connectivity index (χ1) is 7.56. The molecule has 1 aromatic heterocycles. The molecular weight excluding hydrogens is 209 g/mol. The van der Waals surface area contributed by atoms with Gasteiger partial charge in [-0.25, -0.2) is 9.18 Å². The number of ether oxygens (including phenoxy) is 1. The van der Waals surface area contributed by atoms with E-state index in [1.807, 2.05) is 0 Å². The number of rotatable bonds is 2. The van der Waals surface area contributed by atoms with Crippen molar-refractivity contribution in [3.05, 3.63) is 35.8 Å². The van der Waals surface area contributed by atoms with Gasteiger partial charge in [0.25, 0.3) is 0 Å². The molecule has 0 aliphatic heterocycles. The number of aromatic nitrogens is 1. The van der Waals surface area contributed by atoms with Crippen LogP contribution in [0.3, 0.4) is 0 Å². The molecule has 0 aliphatic rings. The van der Waals surface area contributed by atoms with E-state index < -0.39 is 5.97 Å². The predicted octanol–water partition coefficient (Wildman–Crippen LogP) is 2.87. The average molecular weight is 221 g/mol. The van der Waals surface area contributed by atoms with Gasteiger partial charge >= 0.3 is 5.97 Å². The quantitative estimate of drug-likeness (QED) is 0.792. The Bertz CT molecular complexity index is 531. The van der Waals surface area contributed by atoms with Gasteiger partial charge < -0.3 is 9.72 Å². The summed E-state index contributed by atoms with van der Waals surface area (Å²) < 4.78 is 18.0. The number of hydrogen-bond acceptors (Lipinski definition) is 2. The summed E-state index contributed by atoms with van der Waals surface area (Å²) in [7, 11) is 0. The van der Waals surface area contributed by atoms with E-state index in [0.717, 1.165) is 5.52 Å². The van der Waals surface area contributed by atoms with Crippen LogP contribution in [0, 0.1) is 5.82 Å². The van der Waals surface area contributed by atoms with Crippen LogP contribution in [-0.2, 0) is 4.74 Å². The van der Waals surface area contributed by atoms with Crippen molar-refractivity contribution < 1.29 is 13.9 Å². The molecule has 16 heavy (non-hydrogen) atoms. The fourth-order valence-electron chi connectivity index (χ4n) is 1.49. The number of carbonyl (C=O) groups is 1. The zero-order chi connectivity index (χ0) is 11.7. The molecule has 1 N–H and O–H groups in total. The lowest BCUT2D eigenvalue weighted by atomic mass is 10.2. The summed E-state index contributed by atoms with van der Waals surface area (Å²) >= 11 is 0. The third-order valence-corrected chi connectivity index (χ3v) is 2.15. The van der Waals surface area contributed by atoms with Crippen LogP contribution in [-0.4, -0.2) is 17.1 Å². The first kappa shape index (κ1) is 10.7. The van der Waals surface area contributed by atoms with E-state index in [1.165, 1.54) is 12.1 Å². The number of aromatic amines is 1. The van der Waals surface area contributed by atoms with E-state index in [-0.39, 0.29) is 11.9 Å². The Hall–Kier alpha value is -1.84. The molecule has 0 unspecified atom stereocenters. The number of H-pyrrole nitrogens is 1. The fourth-order valence-corrected chi connectivity index (χ4v) is 1.49. The zero-order valence-electron chi connectivity index (χ0n) is 9.08. The van der Waals surface area contributed by atoms with Crippen molar-refractivity contribution in [3.63, 3.8) is 0 Å². The fraction of sp³-hybridized carbons (Fsp3) is 0.250. The molecule has 2 rings (SSSR count). The number of esters is 1. The Labute approximate surface area is 92.2 Å². The summed E-state index contributed by atoms with van der Waals surface area (Å²) in [6, 6.07) is 5.90. The average Bonchev–Trinajstić information content (AvgIpc) is 2.59. The standard InChI is InChI=1S/C12H12FNO2/c1-7(2)16-12(15)11-6-8-5-9(13)3-4-10(8)14-11/h3-7,14H,1-2H3. The molecule has 0 amide bonds. The maximum Gasteiger partial charge on any atom is 0.355 e. The predicted molar refractivity (Wildman–Crippen MR) is 58.8 cm³/mol. The Morgan fingerprint density at radius 1 is 1.38 bits per heavy atom. The highest BCUT2D eigenvalue weighted by molar-refractivity contribution is 5.94. The lowest BCUT2D eigenvalue weighted by Gasteiger charge is -2.05.